The maximum Gasteiger partial charge on any atom is 0.231 e. The van der Waals surface area contributed by atoms with Crippen LogP contribution in [-0.4, -0.2) is 38.4 Å². The monoisotopic (exact) mass is 333 g/mol. The highest BCUT2D eigenvalue weighted by molar-refractivity contribution is 7.91. The fraction of sp³-hybridized carbons (Fsp3) is 0.538. The van der Waals surface area contributed by atoms with Crippen LogP contribution in [0.25, 0.3) is 0 Å². The number of hydrogen-bond acceptors (Lipinski definition) is 6. The van der Waals surface area contributed by atoms with E-state index in [0.29, 0.717) is 28.5 Å². The Morgan fingerprint density at radius 3 is 2.81 bits per heavy atom. The normalized spacial score (nSPS) is 27.8. The van der Waals surface area contributed by atoms with E-state index in [2.05, 4.69) is 0 Å². The molecule has 2 unspecified atom stereocenters. The van der Waals surface area contributed by atoms with Crippen molar-refractivity contribution < 1.29 is 23.0 Å². The van der Waals surface area contributed by atoms with E-state index in [1.165, 1.54) is 0 Å². The topological polar surface area (TPSA) is 98.8 Å². The number of hydrogen-bond donors (Lipinski definition) is 2. The maximum absolute atomic E-state index is 11.8. The van der Waals surface area contributed by atoms with Crippen molar-refractivity contribution in [3.05, 3.63) is 22.7 Å². The molecule has 0 radical (unpaired) electrons. The number of halogens is 1. The highest BCUT2D eigenvalue weighted by atomic mass is 35.5. The third kappa shape index (κ3) is 2.48. The summed E-state index contributed by atoms with van der Waals surface area (Å²) in [6, 6.07) is 3.20. The first-order valence-corrected chi connectivity index (χ1v) is 8.74. The summed E-state index contributed by atoms with van der Waals surface area (Å²) in [6.07, 6.45) is -0.689. The van der Waals surface area contributed by atoms with Crippen molar-refractivity contribution in [2.75, 3.05) is 24.8 Å². The van der Waals surface area contributed by atoms with Gasteiger partial charge in [-0.3, -0.25) is 0 Å². The zero-order chi connectivity index (χ0) is 15.3. The minimum Gasteiger partial charge on any atom is -0.454 e. The van der Waals surface area contributed by atoms with Crippen LogP contribution in [-0.2, 0) is 9.84 Å². The van der Waals surface area contributed by atoms with Crippen molar-refractivity contribution in [2.45, 2.75) is 12.5 Å². The molecule has 2 aliphatic rings. The van der Waals surface area contributed by atoms with Crippen LogP contribution in [0.1, 0.15) is 18.1 Å². The number of aliphatic hydroxyl groups excluding tert-OH is 1. The Hall–Kier alpha value is -1.02. The average molecular weight is 334 g/mol. The minimum absolute atomic E-state index is 0.0412. The van der Waals surface area contributed by atoms with Crippen LogP contribution in [0.5, 0.6) is 11.5 Å². The van der Waals surface area contributed by atoms with Gasteiger partial charge in [-0.25, -0.2) is 8.42 Å². The molecular formula is C13H16ClNO5S. The molecule has 2 heterocycles. The lowest BCUT2D eigenvalue weighted by Gasteiger charge is -2.32. The summed E-state index contributed by atoms with van der Waals surface area (Å²) in [5.41, 5.74) is 5.38. The molecule has 0 aliphatic carbocycles. The molecule has 3 N–H and O–H groups in total. The first-order valence-electron chi connectivity index (χ1n) is 6.54. The van der Waals surface area contributed by atoms with Gasteiger partial charge in [-0.2, -0.15) is 0 Å². The molecule has 21 heavy (non-hydrogen) atoms. The summed E-state index contributed by atoms with van der Waals surface area (Å²) in [6.45, 7) is 0.157. The second kappa shape index (κ2) is 5.01. The van der Waals surface area contributed by atoms with E-state index >= 15 is 0 Å². The largest absolute Gasteiger partial charge is 0.454 e. The van der Waals surface area contributed by atoms with Gasteiger partial charge in [0, 0.05) is 12.0 Å². The van der Waals surface area contributed by atoms with Crippen LogP contribution in [0.4, 0.5) is 0 Å². The molecule has 8 heteroatoms. The molecular weight excluding hydrogens is 318 g/mol. The summed E-state index contributed by atoms with van der Waals surface area (Å²) >= 11 is 6.10. The van der Waals surface area contributed by atoms with Gasteiger partial charge in [-0.1, -0.05) is 11.6 Å². The highest BCUT2D eigenvalue weighted by Crippen LogP contribution is 2.47. The maximum atomic E-state index is 11.8. The molecule has 1 saturated heterocycles. The quantitative estimate of drug-likeness (QED) is 0.851. The predicted molar refractivity (Wildman–Crippen MR) is 77.3 cm³/mol. The Morgan fingerprint density at radius 1 is 1.43 bits per heavy atom. The molecule has 116 valence electrons. The molecule has 0 bridgehead atoms. The van der Waals surface area contributed by atoms with Crippen molar-refractivity contribution in [3.8, 4) is 11.5 Å². The average Bonchev–Trinajstić information content (AvgIpc) is 3.02. The number of rotatable bonds is 3. The summed E-state index contributed by atoms with van der Waals surface area (Å²) in [5.74, 6) is 0.807. The third-order valence-electron chi connectivity index (χ3n) is 4.17. The molecule has 1 aromatic rings. The van der Waals surface area contributed by atoms with Crippen LogP contribution < -0.4 is 15.2 Å². The molecule has 2 aliphatic heterocycles. The number of sulfone groups is 1. The summed E-state index contributed by atoms with van der Waals surface area (Å²) in [5, 5.41) is 11.0. The van der Waals surface area contributed by atoms with Gasteiger partial charge in [-0.15, -0.1) is 0 Å². The van der Waals surface area contributed by atoms with E-state index in [-0.39, 0.29) is 24.8 Å². The fourth-order valence-electron chi connectivity index (χ4n) is 2.93. The van der Waals surface area contributed by atoms with Crippen molar-refractivity contribution in [3.63, 3.8) is 0 Å². The van der Waals surface area contributed by atoms with Crippen LogP contribution >= 0.6 is 11.6 Å². The fourth-order valence-corrected chi connectivity index (χ4v) is 5.36. The summed E-state index contributed by atoms with van der Waals surface area (Å²) in [4.78, 5) is 0. The van der Waals surface area contributed by atoms with Gasteiger partial charge in [0.2, 0.25) is 6.79 Å². The van der Waals surface area contributed by atoms with E-state index in [1.807, 2.05) is 0 Å². The van der Waals surface area contributed by atoms with Crippen LogP contribution in [0.2, 0.25) is 5.02 Å². The molecule has 0 amide bonds. The second-order valence-electron chi connectivity index (χ2n) is 5.55. The van der Waals surface area contributed by atoms with Crippen molar-refractivity contribution in [1.29, 1.82) is 0 Å². The molecule has 0 aromatic heterocycles. The highest BCUT2D eigenvalue weighted by Gasteiger charge is 2.47. The molecule has 1 aromatic carbocycles. The minimum atomic E-state index is -3.17. The van der Waals surface area contributed by atoms with Crippen LogP contribution in [0.15, 0.2) is 12.1 Å². The number of ether oxygens (including phenoxy) is 2. The number of fused-ring (bicyclic) bond motifs is 1. The summed E-state index contributed by atoms with van der Waals surface area (Å²) in [7, 11) is -3.17. The molecule has 0 saturated carbocycles. The lowest BCUT2D eigenvalue weighted by Crippen LogP contribution is -2.38. The zero-order valence-corrected chi connectivity index (χ0v) is 12.8. The molecule has 6 nitrogen and oxygen atoms in total. The van der Waals surface area contributed by atoms with Crippen LogP contribution in [0, 0.1) is 5.41 Å². The smallest absolute Gasteiger partial charge is 0.231 e. The van der Waals surface area contributed by atoms with Gasteiger partial charge < -0.3 is 20.3 Å². The molecule has 0 spiro atoms. The lowest BCUT2D eigenvalue weighted by molar-refractivity contribution is 0.0470. The summed E-state index contributed by atoms with van der Waals surface area (Å²) < 4.78 is 34.0. The Morgan fingerprint density at radius 2 is 2.19 bits per heavy atom. The SMILES string of the molecule is NCC1(C(O)c2cc(Cl)c3c(c2)OCO3)CCS(=O)(=O)C1. The van der Waals surface area contributed by atoms with E-state index < -0.39 is 21.4 Å². The van der Waals surface area contributed by atoms with E-state index in [9.17, 15) is 13.5 Å². The Balaban J connectivity index is 1.98. The zero-order valence-electron chi connectivity index (χ0n) is 11.2. The number of nitrogens with two attached hydrogens (primary N) is 1. The van der Waals surface area contributed by atoms with Crippen molar-refractivity contribution in [1.82, 2.24) is 0 Å². The molecule has 3 rings (SSSR count). The lowest BCUT2D eigenvalue weighted by atomic mass is 9.78. The van der Waals surface area contributed by atoms with Crippen molar-refractivity contribution >= 4 is 21.4 Å². The van der Waals surface area contributed by atoms with Gasteiger partial charge in [-0.05, 0) is 24.1 Å². The first-order chi connectivity index (χ1) is 9.87. The van der Waals surface area contributed by atoms with E-state index in [0.717, 1.165) is 0 Å². The van der Waals surface area contributed by atoms with Gasteiger partial charge >= 0.3 is 0 Å². The standard InChI is InChI=1S/C13H16ClNO5S/c14-9-3-8(4-10-11(9)20-7-19-10)12(16)13(5-15)1-2-21(17,18)6-13/h3-4,12,16H,1-2,5-7,15H2. The van der Waals surface area contributed by atoms with E-state index in [1.54, 1.807) is 12.1 Å². The number of benzene rings is 1. The van der Waals surface area contributed by atoms with Gasteiger partial charge in [0.15, 0.2) is 21.3 Å². The van der Waals surface area contributed by atoms with Gasteiger partial charge in [0.1, 0.15) is 0 Å². The van der Waals surface area contributed by atoms with Gasteiger partial charge in [0.05, 0.1) is 22.6 Å². The Kier molecular flexibility index (Phi) is 3.56. The molecule has 1 fully saturated rings. The number of aliphatic hydroxyl groups is 1. The van der Waals surface area contributed by atoms with E-state index in [4.69, 9.17) is 26.8 Å². The van der Waals surface area contributed by atoms with Crippen LogP contribution in [0.3, 0.4) is 0 Å². The Bertz CT molecular complexity index is 677. The second-order valence-corrected chi connectivity index (χ2v) is 8.14. The molecule has 2 atom stereocenters. The first kappa shape index (κ1) is 14.9. The Labute approximate surface area is 127 Å². The third-order valence-corrected chi connectivity index (χ3v) is 6.29. The predicted octanol–water partition coefficient (Wildman–Crippen LogP) is 0.866. The van der Waals surface area contributed by atoms with Gasteiger partial charge in [0.25, 0.3) is 0 Å². The van der Waals surface area contributed by atoms with Crippen molar-refractivity contribution in [2.24, 2.45) is 11.1 Å².